The lowest BCUT2D eigenvalue weighted by Gasteiger charge is -2.19. The maximum Gasteiger partial charge on any atom is 0.324 e. The lowest BCUT2D eigenvalue weighted by Crippen LogP contribution is -2.26. The first-order chi connectivity index (χ1) is 13.2. The van der Waals surface area contributed by atoms with E-state index in [9.17, 15) is 14.9 Å². The molecule has 2 aromatic rings. The highest BCUT2D eigenvalue weighted by Gasteiger charge is 2.37. The topological polar surface area (TPSA) is 153 Å². The smallest absolute Gasteiger partial charge is 0.324 e. The van der Waals surface area contributed by atoms with Crippen molar-refractivity contribution in [2.24, 2.45) is 0 Å². The molecule has 0 saturated carbocycles. The molecule has 5 atom stereocenters. The Labute approximate surface area is 170 Å². The maximum absolute atomic E-state index is 10.3. The number of fused-ring (bicyclic) bond motifs is 1. The predicted octanol–water partition coefficient (Wildman–Crippen LogP) is 0.630. The van der Waals surface area contributed by atoms with E-state index in [1.54, 1.807) is 4.57 Å². The summed E-state index contributed by atoms with van der Waals surface area (Å²) in [5.74, 6) is 0.218. The van der Waals surface area contributed by atoms with Crippen LogP contribution < -0.4 is 5.09 Å². The molecule has 16 heteroatoms. The van der Waals surface area contributed by atoms with E-state index in [1.807, 2.05) is 0 Å². The van der Waals surface area contributed by atoms with Crippen LogP contribution in [0.5, 0.6) is 0 Å². The predicted molar refractivity (Wildman–Crippen MR) is 106 cm³/mol. The monoisotopic (exact) mass is 471 g/mol. The van der Waals surface area contributed by atoms with Gasteiger partial charge in [0.05, 0.1) is 19.0 Å². The van der Waals surface area contributed by atoms with Crippen LogP contribution in [0, 0.1) is 0 Å². The van der Waals surface area contributed by atoms with Crippen molar-refractivity contribution in [3.05, 3.63) is 12.7 Å². The van der Waals surface area contributed by atoms with Crippen LogP contribution in [-0.2, 0) is 41.9 Å². The normalized spacial score (nSPS) is 26.8. The molecule has 0 radical (unpaired) electrons. The molecular weight excluding hydrogens is 452 g/mol. The fourth-order valence-electron chi connectivity index (χ4n) is 2.58. The summed E-state index contributed by atoms with van der Waals surface area (Å²) in [6.07, 6.45) is 0.832. The van der Waals surface area contributed by atoms with Gasteiger partial charge in [-0.1, -0.05) is 0 Å². The molecule has 0 aromatic carbocycles. The van der Waals surface area contributed by atoms with E-state index >= 15 is 0 Å². The van der Waals surface area contributed by atoms with Gasteiger partial charge in [0.2, 0.25) is 0 Å². The van der Waals surface area contributed by atoms with Gasteiger partial charge in [-0.15, -0.1) is 0 Å². The first-order valence-corrected chi connectivity index (χ1v) is 13.1. The number of imidazole rings is 1. The SMILES string of the molecule is COP(O)(=S)Nc1ncnc2c1ncn2C1CC(O)C(COP(O)(=S)OC)O1. The number of nitrogens with zero attached hydrogens (tertiary/aromatic N) is 4. The molecule has 12 nitrogen and oxygen atoms in total. The number of aliphatic hydroxyl groups excluding tert-OH is 1. The Morgan fingerprint density at radius 2 is 2.04 bits per heavy atom. The van der Waals surface area contributed by atoms with Crippen LogP contribution in [-0.4, -0.2) is 67.4 Å². The number of hydrogen-bond acceptors (Lipinski definition) is 10. The fraction of sp³-hybridized carbons (Fsp3) is 0.583. The Morgan fingerprint density at radius 3 is 2.71 bits per heavy atom. The highest BCUT2D eigenvalue weighted by Crippen LogP contribution is 2.44. The minimum absolute atomic E-state index is 0.130. The van der Waals surface area contributed by atoms with Crippen molar-refractivity contribution >= 4 is 54.0 Å². The van der Waals surface area contributed by atoms with Crippen molar-refractivity contribution in [2.45, 2.75) is 24.9 Å². The molecule has 1 aliphatic rings. The third-order valence-corrected chi connectivity index (χ3v) is 7.41. The summed E-state index contributed by atoms with van der Waals surface area (Å²) in [6, 6.07) is 0. The van der Waals surface area contributed by atoms with Gasteiger partial charge in [0, 0.05) is 20.6 Å². The van der Waals surface area contributed by atoms with Crippen LogP contribution in [0.3, 0.4) is 0 Å². The minimum atomic E-state index is -3.35. The molecule has 4 N–H and O–H groups in total. The van der Waals surface area contributed by atoms with Gasteiger partial charge in [-0.2, -0.15) is 0 Å². The minimum Gasteiger partial charge on any atom is -0.390 e. The first kappa shape index (κ1) is 22.1. The zero-order valence-corrected chi connectivity index (χ0v) is 18.2. The third-order valence-electron chi connectivity index (χ3n) is 4.00. The van der Waals surface area contributed by atoms with Gasteiger partial charge in [-0.05, 0) is 23.6 Å². The van der Waals surface area contributed by atoms with Crippen molar-refractivity contribution in [1.82, 2.24) is 19.5 Å². The number of rotatable bonds is 8. The molecule has 1 saturated heterocycles. The highest BCUT2D eigenvalue weighted by molar-refractivity contribution is 8.10. The summed E-state index contributed by atoms with van der Waals surface area (Å²) < 4.78 is 22.1. The number of aliphatic hydroxyl groups is 1. The number of aromatic nitrogens is 4. The molecule has 3 rings (SSSR count). The zero-order chi connectivity index (χ0) is 20.5. The summed E-state index contributed by atoms with van der Waals surface area (Å²) in [7, 11) is 2.53. The number of anilines is 1. The molecule has 1 aliphatic heterocycles. The molecule has 156 valence electrons. The van der Waals surface area contributed by atoms with Gasteiger partial charge >= 0.3 is 6.72 Å². The summed E-state index contributed by atoms with van der Waals surface area (Å²) >= 11 is 9.70. The Hall–Kier alpha value is -0.630. The second-order valence-corrected chi connectivity index (χ2v) is 11.8. The zero-order valence-electron chi connectivity index (χ0n) is 14.8. The highest BCUT2D eigenvalue weighted by atomic mass is 32.5. The molecule has 5 unspecified atom stereocenters. The molecule has 0 aliphatic carbocycles. The van der Waals surface area contributed by atoms with Gasteiger partial charge in [-0.3, -0.25) is 9.65 Å². The van der Waals surface area contributed by atoms with E-state index < -0.39 is 31.8 Å². The van der Waals surface area contributed by atoms with Gasteiger partial charge < -0.3 is 33.2 Å². The molecule has 0 spiro atoms. The standard InChI is InChI=1S/C12H19N5O7P2S2/c1-21-25(19,27)16-11-10-12(14-5-13-11)17(6-15-10)9-3-7(18)8(24-9)4-23-26(20,28)22-2/h5-9,18H,3-4H2,1-2H3,(H,20,28)(H2,13,14,16,19,27). The van der Waals surface area contributed by atoms with E-state index in [0.29, 0.717) is 11.2 Å². The van der Waals surface area contributed by atoms with Crippen LogP contribution in [0.4, 0.5) is 5.82 Å². The van der Waals surface area contributed by atoms with Crippen molar-refractivity contribution < 1.29 is 33.2 Å². The Balaban J connectivity index is 1.79. The van der Waals surface area contributed by atoms with Crippen molar-refractivity contribution in [3.8, 4) is 0 Å². The molecule has 2 aromatic heterocycles. The summed E-state index contributed by atoms with van der Waals surface area (Å²) in [5, 5.41) is 12.9. The van der Waals surface area contributed by atoms with Gasteiger partial charge in [0.1, 0.15) is 18.7 Å². The Morgan fingerprint density at radius 1 is 1.29 bits per heavy atom. The van der Waals surface area contributed by atoms with E-state index in [0.717, 1.165) is 0 Å². The van der Waals surface area contributed by atoms with Crippen LogP contribution in [0.15, 0.2) is 12.7 Å². The average Bonchev–Trinajstić information content (AvgIpc) is 3.24. The first-order valence-electron chi connectivity index (χ1n) is 7.86. The Kier molecular flexibility index (Phi) is 6.79. The largest absolute Gasteiger partial charge is 0.390 e. The van der Waals surface area contributed by atoms with Crippen molar-refractivity contribution in [2.75, 3.05) is 25.9 Å². The molecule has 28 heavy (non-hydrogen) atoms. The average molecular weight is 471 g/mol. The molecule has 3 heterocycles. The maximum atomic E-state index is 10.3. The fourth-order valence-corrected chi connectivity index (χ4v) is 3.99. The molecule has 1 fully saturated rings. The van der Waals surface area contributed by atoms with Crippen LogP contribution in [0.25, 0.3) is 11.2 Å². The summed E-state index contributed by atoms with van der Waals surface area (Å²) in [5.41, 5.74) is 0.761. The van der Waals surface area contributed by atoms with Crippen LogP contribution in [0.1, 0.15) is 12.6 Å². The second-order valence-electron chi connectivity index (χ2n) is 5.74. The van der Waals surface area contributed by atoms with E-state index in [-0.39, 0.29) is 18.8 Å². The lowest BCUT2D eigenvalue weighted by atomic mass is 10.2. The van der Waals surface area contributed by atoms with Crippen molar-refractivity contribution in [3.63, 3.8) is 0 Å². The van der Waals surface area contributed by atoms with Gasteiger partial charge in [-0.25, -0.2) is 15.0 Å². The summed E-state index contributed by atoms with van der Waals surface area (Å²) in [6.45, 7) is -6.73. The third kappa shape index (κ3) is 4.91. The Bertz CT molecular complexity index is 946. The number of hydrogen-bond donors (Lipinski definition) is 4. The van der Waals surface area contributed by atoms with Crippen molar-refractivity contribution in [1.29, 1.82) is 0 Å². The van der Waals surface area contributed by atoms with E-state index in [2.05, 4.69) is 20.0 Å². The van der Waals surface area contributed by atoms with Crippen LogP contribution >= 0.6 is 13.4 Å². The molecule has 0 amide bonds. The summed E-state index contributed by atoms with van der Waals surface area (Å²) in [4.78, 5) is 32.1. The van der Waals surface area contributed by atoms with Crippen LogP contribution in [0.2, 0.25) is 0 Å². The quantitative estimate of drug-likeness (QED) is 0.398. The van der Waals surface area contributed by atoms with E-state index in [4.69, 9.17) is 41.9 Å². The molecule has 0 bridgehead atoms. The molecular formula is C12H19N5O7P2S2. The lowest BCUT2D eigenvalue weighted by molar-refractivity contribution is -0.0404. The van der Waals surface area contributed by atoms with Gasteiger partial charge in [0.15, 0.2) is 17.0 Å². The second kappa shape index (κ2) is 8.62. The van der Waals surface area contributed by atoms with E-state index in [1.165, 1.54) is 26.9 Å². The van der Waals surface area contributed by atoms with Gasteiger partial charge in [0.25, 0.3) is 6.64 Å². The number of ether oxygens (including phenoxy) is 1. The number of nitrogens with one attached hydrogen (secondary N) is 1.